The summed E-state index contributed by atoms with van der Waals surface area (Å²) < 4.78 is 38.0. The van der Waals surface area contributed by atoms with Gasteiger partial charge in [0, 0.05) is 0 Å². The van der Waals surface area contributed by atoms with Crippen molar-refractivity contribution in [2.24, 2.45) is 5.92 Å². The number of carbonyl (C=O) groups is 1. The van der Waals surface area contributed by atoms with Crippen LogP contribution in [0.5, 0.6) is 5.75 Å². The molecule has 1 fully saturated rings. The number of hydrogen-bond acceptors (Lipinski definition) is 5. The molecule has 27 heavy (non-hydrogen) atoms. The van der Waals surface area contributed by atoms with Gasteiger partial charge in [0.1, 0.15) is 12.3 Å². The molecule has 2 atom stereocenters. The largest absolute Gasteiger partial charge is 0.482 e. The molecule has 0 amide bonds. The topological polar surface area (TPSA) is 72.3 Å². The molecule has 0 spiro atoms. The third-order valence-corrected chi connectivity index (χ3v) is 5.47. The molecule has 1 N–H and O–H groups in total. The molecule has 1 aromatic heterocycles. The summed E-state index contributed by atoms with van der Waals surface area (Å²) in [6.07, 6.45) is 8.09. The van der Waals surface area contributed by atoms with Gasteiger partial charge in [-0.25, -0.2) is 8.78 Å². The predicted molar refractivity (Wildman–Crippen MR) is 95.4 cm³/mol. The normalized spacial score (nSPS) is 21.0. The van der Waals surface area contributed by atoms with Crippen LogP contribution in [0, 0.1) is 17.6 Å². The van der Waals surface area contributed by atoms with Gasteiger partial charge in [-0.3, -0.25) is 4.79 Å². The van der Waals surface area contributed by atoms with Crippen molar-refractivity contribution in [2.75, 3.05) is 0 Å². The van der Waals surface area contributed by atoms with Gasteiger partial charge in [0.25, 0.3) is 0 Å². The van der Waals surface area contributed by atoms with E-state index in [1.807, 2.05) is 12.2 Å². The number of rotatable bonds is 6. The number of carboxylic acid groups (broad SMARTS) is 1. The zero-order valence-electron chi connectivity index (χ0n) is 14.2. The molecular weight excluding hydrogens is 374 g/mol. The van der Waals surface area contributed by atoms with E-state index in [1.165, 1.54) is 0 Å². The van der Waals surface area contributed by atoms with Crippen molar-refractivity contribution in [3.63, 3.8) is 0 Å². The molecule has 5 nitrogen and oxygen atoms in total. The Bertz CT molecular complexity index is 931. The van der Waals surface area contributed by atoms with Gasteiger partial charge < -0.3 is 9.84 Å². The lowest BCUT2D eigenvalue weighted by Gasteiger charge is -2.11. The second-order valence-electron chi connectivity index (χ2n) is 6.59. The fraction of sp³-hybridized carbons (Fsp3) is 0.316. The SMILES string of the molecule is O=C(O)C1CC1c1cc(F)c(OCc2snnc2C2=CC=CCC2)c(F)c1. The first-order valence-electron chi connectivity index (χ1n) is 8.56. The molecule has 1 saturated carbocycles. The number of allylic oxidation sites excluding steroid dienone is 4. The van der Waals surface area contributed by atoms with Gasteiger partial charge in [0.15, 0.2) is 17.4 Å². The number of ether oxygens (including phenoxy) is 1. The highest BCUT2D eigenvalue weighted by Gasteiger charge is 2.44. The van der Waals surface area contributed by atoms with Crippen LogP contribution in [0.4, 0.5) is 8.78 Å². The van der Waals surface area contributed by atoms with Crippen molar-refractivity contribution in [2.45, 2.75) is 31.8 Å². The minimum absolute atomic E-state index is 0.0393. The van der Waals surface area contributed by atoms with Crippen LogP contribution in [0.2, 0.25) is 0 Å². The Morgan fingerprint density at radius 3 is 2.74 bits per heavy atom. The lowest BCUT2D eigenvalue weighted by Crippen LogP contribution is -2.03. The van der Waals surface area contributed by atoms with E-state index in [0.29, 0.717) is 22.6 Å². The fourth-order valence-corrected chi connectivity index (χ4v) is 3.84. The van der Waals surface area contributed by atoms with Gasteiger partial charge in [-0.2, -0.15) is 0 Å². The molecule has 140 valence electrons. The maximum absolute atomic E-state index is 14.4. The summed E-state index contributed by atoms with van der Waals surface area (Å²) in [5.74, 6) is -4.00. The molecule has 1 aromatic carbocycles. The van der Waals surface area contributed by atoms with Gasteiger partial charge in [0.05, 0.1) is 10.8 Å². The quantitative estimate of drug-likeness (QED) is 0.795. The number of nitrogens with zero attached hydrogens (tertiary/aromatic N) is 2. The molecule has 2 unspecified atom stereocenters. The highest BCUT2D eigenvalue weighted by Crippen LogP contribution is 2.48. The molecular formula is C19H16F2N2O3S. The monoisotopic (exact) mass is 390 g/mol. The van der Waals surface area contributed by atoms with E-state index in [9.17, 15) is 13.6 Å². The Labute approximate surface area is 158 Å². The summed E-state index contributed by atoms with van der Waals surface area (Å²) >= 11 is 1.13. The van der Waals surface area contributed by atoms with Gasteiger partial charge in [-0.15, -0.1) is 5.10 Å². The average Bonchev–Trinajstić information content (AvgIpc) is 3.33. The van der Waals surface area contributed by atoms with Crippen LogP contribution >= 0.6 is 11.5 Å². The van der Waals surface area contributed by atoms with Crippen molar-refractivity contribution in [1.82, 2.24) is 9.59 Å². The van der Waals surface area contributed by atoms with Crippen LogP contribution in [0.3, 0.4) is 0 Å². The first-order valence-corrected chi connectivity index (χ1v) is 9.33. The predicted octanol–water partition coefficient (Wildman–Crippen LogP) is 4.32. The summed E-state index contributed by atoms with van der Waals surface area (Å²) in [4.78, 5) is 11.6. The summed E-state index contributed by atoms with van der Waals surface area (Å²) in [6, 6.07) is 2.32. The molecule has 8 heteroatoms. The number of halogens is 2. The highest BCUT2D eigenvalue weighted by atomic mass is 32.1. The molecule has 1 heterocycles. The van der Waals surface area contributed by atoms with E-state index >= 15 is 0 Å². The van der Waals surface area contributed by atoms with E-state index < -0.39 is 29.3 Å². The number of carboxylic acids is 1. The van der Waals surface area contributed by atoms with E-state index in [4.69, 9.17) is 9.84 Å². The number of aromatic nitrogens is 2. The van der Waals surface area contributed by atoms with Crippen molar-refractivity contribution >= 4 is 23.1 Å². The van der Waals surface area contributed by atoms with E-state index in [0.717, 1.165) is 42.1 Å². The smallest absolute Gasteiger partial charge is 0.307 e. The molecule has 0 bridgehead atoms. The lowest BCUT2D eigenvalue weighted by molar-refractivity contribution is -0.138. The lowest BCUT2D eigenvalue weighted by atomic mass is 10.0. The maximum atomic E-state index is 14.4. The van der Waals surface area contributed by atoms with Crippen molar-refractivity contribution < 1.29 is 23.4 Å². The summed E-state index contributed by atoms with van der Waals surface area (Å²) in [5, 5.41) is 13.1. The average molecular weight is 390 g/mol. The third kappa shape index (κ3) is 3.62. The second kappa shape index (κ2) is 7.19. The maximum Gasteiger partial charge on any atom is 0.307 e. The zero-order valence-corrected chi connectivity index (χ0v) is 15.0. The Kier molecular flexibility index (Phi) is 4.73. The minimum Gasteiger partial charge on any atom is -0.482 e. The van der Waals surface area contributed by atoms with Gasteiger partial charge >= 0.3 is 5.97 Å². The zero-order chi connectivity index (χ0) is 19.0. The van der Waals surface area contributed by atoms with Crippen molar-refractivity contribution in [1.29, 1.82) is 0 Å². The number of benzene rings is 1. The summed E-state index contributed by atoms with van der Waals surface area (Å²) in [6.45, 7) is -0.0393. The molecule has 0 saturated heterocycles. The van der Waals surface area contributed by atoms with E-state index in [2.05, 4.69) is 15.7 Å². The van der Waals surface area contributed by atoms with E-state index in [1.54, 1.807) is 0 Å². The first kappa shape index (κ1) is 17.8. The highest BCUT2D eigenvalue weighted by molar-refractivity contribution is 7.05. The van der Waals surface area contributed by atoms with Crippen LogP contribution in [-0.4, -0.2) is 20.7 Å². The number of aliphatic carboxylic acids is 1. The standard InChI is InChI=1S/C19H16F2N2O3S/c20-14-6-11(12-8-13(12)19(24)25)7-15(21)18(14)26-9-16-17(22-23-27-16)10-4-2-1-3-5-10/h1-2,4,6-7,12-13H,3,5,8-9H2,(H,24,25). The van der Waals surface area contributed by atoms with E-state index in [-0.39, 0.29) is 12.5 Å². The molecule has 2 aliphatic rings. The number of hydrogen-bond donors (Lipinski definition) is 1. The van der Waals surface area contributed by atoms with Gasteiger partial charge in [-0.05, 0) is 60.0 Å². The molecule has 0 aliphatic heterocycles. The van der Waals surface area contributed by atoms with Crippen LogP contribution < -0.4 is 4.74 Å². The van der Waals surface area contributed by atoms with Crippen LogP contribution in [0.15, 0.2) is 30.4 Å². The fourth-order valence-electron chi connectivity index (χ4n) is 3.25. The Morgan fingerprint density at radius 1 is 1.33 bits per heavy atom. The first-order chi connectivity index (χ1) is 13.0. The minimum atomic E-state index is -0.946. The van der Waals surface area contributed by atoms with Gasteiger partial charge in [-0.1, -0.05) is 22.7 Å². The Balaban J connectivity index is 1.50. The Morgan fingerprint density at radius 2 is 2.11 bits per heavy atom. The molecule has 2 aromatic rings. The summed E-state index contributed by atoms with van der Waals surface area (Å²) in [5.41, 5.74) is 2.07. The second-order valence-corrected chi connectivity index (χ2v) is 7.43. The summed E-state index contributed by atoms with van der Waals surface area (Å²) in [7, 11) is 0. The van der Waals surface area contributed by atoms with Crippen LogP contribution in [0.1, 0.15) is 41.3 Å². The molecule has 4 rings (SSSR count). The van der Waals surface area contributed by atoms with Crippen molar-refractivity contribution in [3.8, 4) is 5.75 Å². The van der Waals surface area contributed by atoms with Crippen LogP contribution in [-0.2, 0) is 11.4 Å². The van der Waals surface area contributed by atoms with Crippen molar-refractivity contribution in [3.05, 3.63) is 58.1 Å². The van der Waals surface area contributed by atoms with Gasteiger partial charge in [0.2, 0.25) is 0 Å². The third-order valence-electron chi connectivity index (χ3n) is 4.78. The Hall–Kier alpha value is -2.61. The molecule has 0 radical (unpaired) electrons. The van der Waals surface area contributed by atoms with Crippen LogP contribution in [0.25, 0.3) is 5.57 Å². The molecule has 2 aliphatic carbocycles.